The molecule has 2 aliphatic rings. The Morgan fingerprint density at radius 2 is 2.00 bits per heavy atom. The molecule has 4 atom stereocenters. The highest BCUT2D eigenvalue weighted by Crippen LogP contribution is 2.49. The monoisotopic (exact) mass is 220 g/mol. The van der Waals surface area contributed by atoms with Gasteiger partial charge in [0.05, 0.1) is 6.10 Å². The lowest BCUT2D eigenvalue weighted by Crippen LogP contribution is -2.32. The molecule has 90 valence electrons. The van der Waals surface area contributed by atoms with Gasteiger partial charge < -0.3 is 5.11 Å². The number of rotatable bonds is 1. The van der Waals surface area contributed by atoms with Gasteiger partial charge in [-0.15, -0.1) is 0 Å². The molecule has 0 saturated heterocycles. The Morgan fingerprint density at radius 3 is 2.50 bits per heavy atom. The van der Waals surface area contributed by atoms with Gasteiger partial charge in [-0.3, -0.25) is 0 Å². The summed E-state index contributed by atoms with van der Waals surface area (Å²) >= 11 is 0. The van der Waals surface area contributed by atoms with Crippen molar-refractivity contribution in [1.29, 1.82) is 0 Å². The molecule has 0 aromatic heterocycles. The van der Waals surface area contributed by atoms with Crippen LogP contribution in [0, 0.1) is 23.2 Å². The van der Waals surface area contributed by atoms with Crippen LogP contribution in [-0.2, 0) is 0 Å². The molecule has 0 bridgehead atoms. The molecule has 1 nitrogen and oxygen atoms in total. The lowest BCUT2D eigenvalue weighted by Gasteiger charge is -2.38. The molecule has 1 heteroatoms. The molecule has 0 heterocycles. The summed E-state index contributed by atoms with van der Waals surface area (Å²) in [6.07, 6.45) is 8.76. The maximum Gasteiger partial charge on any atom is 0.0746 e. The highest BCUT2D eigenvalue weighted by Gasteiger charge is 2.40. The van der Waals surface area contributed by atoms with Crippen LogP contribution in [0.3, 0.4) is 0 Å². The molecule has 1 unspecified atom stereocenters. The van der Waals surface area contributed by atoms with E-state index in [0.29, 0.717) is 17.3 Å². The number of allylic oxidation sites excluding steroid dienone is 3. The smallest absolute Gasteiger partial charge is 0.0746 e. The van der Waals surface area contributed by atoms with Crippen molar-refractivity contribution in [3.8, 4) is 0 Å². The number of hydrogen-bond donors (Lipinski definition) is 1. The first-order valence-corrected chi connectivity index (χ1v) is 6.46. The molecule has 0 fully saturated rings. The maximum absolute atomic E-state index is 9.72. The molecule has 0 aromatic rings. The average Bonchev–Trinajstić information content (AvgIpc) is 2.47. The van der Waals surface area contributed by atoms with Crippen LogP contribution in [0.2, 0.25) is 0 Å². The van der Waals surface area contributed by atoms with Crippen LogP contribution in [0.4, 0.5) is 0 Å². The predicted octanol–water partition coefficient (Wildman–Crippen LogP) is 3.55. The minimum atomic E-state index is -0.227. The van der Waals surface area contributed by atoms with Crippen LogP contribution in [0.15, 0.2) is 23.8 Å². The van der Waals surface area contributed by atoms with Gasteiger partial charge in [0.1, 0.15) is 0 Å². The van der Waals surface area contributed by atoms with Crippen LogP contribution in [0.25, 0.3) is 0 Å². The highest BCUT2D eigenvalue weighted by atomic mass is 16.3. The van der Waals surface area contributed by atoms with E-state index in [2.05, 4.69) is 39.8 Å². The fourth-order valence-electron chi connectivity index (χ4n) is 3.26. The standard InChI is InChI=1S/C15H24O/c1-10-9-12(6-8-14(10)16)13-7-5-11(2)15(13,3)4/h5-6,8,10,12-14,16H,7,9H2,1-4H3/t10-,12-,13?,14-/m1/s1. The minimum absolute atomic E-state index is 0.227. The van der Waals surface area contributed by atoms with Gasteiger partial charge in [0.2, 0.25) is 0 Å². The highest BCUT2D eigenvalue weighted by molar-refractivity contribution is 5.21. The van der Waals surface area contributed by atoms with Gasteiger partial charge in [0, 0.05) is 0 Å². The molecule has 0 aliphatic heterocycles. The first kappa shape index (κ1) is 11.9. The second-order valence-electron chi connectivity index (χ2n) is 6.20. The van der Waals surface area contributed by atoms with Gasteiger partial charge >= 0.3 is 0 Å². The fraction of sp³-hybridized carbons (Fsp3) is 0.733. The normalized spacial score (nSPS) is 42.2. The van der Waals surface area contributed by atoms with Crippen LogP contribution in [-0.4, -0.2) is 11.2 Å². The van der Waals surface area contributed by atoms with E-state index < -0.39 is 0 Å². The number of hydrogen-bond acceptors (Lipinski definition) is 1. The summed E-state index contributed by atoms with van der Waals surface area (Å²) in [4.78, 5) is 0. The molecule has 16 heavy (non-hydrogen) atoms. The van der Waals surface area contributed by atoms with Crippen LogP contribution in [0.1, 0.15) is 40.5 Å². The third kappa shape index (κ3) is 1.86. The van der Waals surface area contributed by atoms with Gasteiger partial charge in [-0.1, -0.05) is 44.6 Å². The largest absolute Gasteiger partial charge is 0.389 e. The van der Waals surface area contributed by atoms with E-state index >= 15 is 0 Å². The molecule has 1 N–H and O–H groups in total. The Balaban J connectivity index is 2.14. The van der Waals surface area contributed by atoms with Crippen LogP contribution >= 0.6 is 0 Å². The molecule has 0 amide bonds. The lowest BCUT2D eigenvalue weighted by molar-refractivity contribution is 0.112. The quantitative estimate of drug-likeness (QED) is 0.670. The van der Waals surface area contributed by atoms with E-state index in [0.717, 1.165) is 12.3 Å². The topological polar surface area (TPSA) is 20.2 Å². The van der Waals surface area contributed by atoms with Crippen LogP contribution < -0.4 is 0 Å². The summed E-state index contributed by atoms with van der Waals surface area (Å²) in [7, 11) is 0. The van der Waals surface area contributed by atoms with E-state index in [4.69, 9.17) is 0 Å². The van der Waals surface area contributed by atoms with Gasteiger partial charge in [-0.05, 0) is 42.9 Å². The van der Waals surface area contributed by atoms with Gasteiger partial charge in [0.25, 0.3) is 0 Å². The Labute approximate surface area is 99.3 Å². The summed E-state index contributed by atoms with van der Waals surface area (Å²) in [5, 5.41) is 9.72. The third-order valence-corrected chi connectivity index (χ3v) is 4.92. The van der Waals surface area contributed by atoms with Crippen molar-refractivity contribution in [2.24, 2.45) is 23.2 Å². The Kier molecular flexibility index (Phi) is 3.00. The van der Waals surface area contributed by atoms with Crippen molar-refractivity contribution in [3.63, 3.8) is 0 Å². The summed E-state index contributed by atoms with van der Waals surface area (Å²) in [6, 6.07) is 0. The second kappa shape index (κ2) is 4.03. The fourth-order valence-corrected chi connectivity index (χ4v) is 3.26. The van der Waals surface area contributed by atoms with Crippen LogP contribution in [0.5, 0.6) is 0 Å². The van der Waals surface area contributed by atoms with Crippen molar-refractivity contribution in [3.05, 3.63) is 23.8 Å². The molecular formula is C15H24O. The average molecular weight is 220 g/mol. The van der Waals surface area contributed by atoms with E-state index in [-0.39, 0.29) is 6.10 Å². The van der Waals surface area contributed by atoms with Crippen molar-refractivity contribution in [1.82, 2.24) is 0 Å². The first-order valence-electron chi connectivity index (χ1n) is 6.46. The summed E-state index contributed by atoms with van der Waals surface area (Å²) in [6.45, 7) is 9.13. The zero-order chi connectivity index (χ0) is 11.9. The molecule has 0 radical (unpaired) electrons. The van der Waals surface area contributed by atoms with Crippen molar-refractivity contribution >= 4 is 0 Å². The molecule has 2 aliphatic carbocycles. The van der Waals surface area contributed by atoms with Crippen molar-refractivity contribution in [2.75, 3.05) is 0 Å². The second-order valence-corrected chi connectivity index (χ2v) is 6.20. The predicted molar refractivity (Wildman–Crippen MR) is 68.1 cm³/mol. The number of aliphatic hydroxyl groups excluding tert-OH is 1. The molecule has 2 rings (SSSR count). The lowest BCUT2D eigenvalue weighted by atomic mass is 9.67. The van der Waals surface area contributed by atoms with Gasteiger partial charge in [-0.2, -0.15) is 0 Å². The van der Waals surface area contributed by atoms with E-state index in [1.807, 2.05) is 6.08 Å². The summed E-state index contributed by atoms with van der Waals surface area (Å²) in [5.41, 5.74) is 1.86. The molecular weight excluding hydrogens is 196 g/mol. The SMILES string of the molecule is CC1=CCC([C@@H]2C=C[C@@H](O)[C@H](C)C2)C1(C)C. The van der Waals surface area contributed by atoms with Gasteiger partial charge in [0.15, 0.2) is 0 Å². The molecule has 0 aromatic carbocycles. The number of aliphatic hydroxyl groups is 1. The van der Waals surface area contributed by atoms with E-state index in [1.54, 1.807) is 0 Å². The zero-order valence-corrected chi connectivity index (χ0v) is 10.9. The molecule has 0 spiro atoms. The Morgan fingerprint density at radius 1 is 1.31 bits per heavy atom. The third-order valence-electron chi connectivity index (χ3n) is 4.92. The summed E-state index contributed by atoms with van der Waals surface area (Å²) < 4.78 is 0. The van der Waals surface area contributed by atoms with E-state index in [9.17, 15) is 5.11 Å². The molecule has 0 saturated carbocycles. The maximum atomic E-state index is 9.72. The van der Waals surface area contributed by atoms with Crippen molar-refractivity contribution < 1.29 is 5.11 Å². The summed E-state index contributed by atoms with van der Waals surface area (Å²) in [5.74, 6) is 1.77. The zero-order valence-electron chi connectivity index (χ0n) is 10.9. The van der Waals surface area contributed by atoms with Crippen molar-refractivity contribution in [2.45, 2.75) is 46.6 Å². The minimum Gasteiger partial charge on any atom is -0.389 e. The van der Waals surface area contributed by atoms with E-state index in [1.165, 1.54) is 12.0 Å². The Hall–Kier alpha value is -0.560. The Bertz CT molecular complexity index is 324. The first-order chi connectivity index (χ1) is 7.43. The van der Waals surface area contributed by atoms with Gasteiger partial charge in [-0.25, -0.2) is 0 Å².